The van der Waals surface area contributed by atoms with Crippen LogP contribution in [-0.4, -0.2) is 50.1 Å². The maximum absolute atomic E-state index is 13.3. The normalized spacial score (nSPS) is 50.0. The van der Waals surface area contributed by atoms with E-state index >= 15 is 0 Å². The van der Waals surface area contributed by atoms with E-state index in [4.69, 9.17) is 0 Å². The minimum atomic E-state index is -1.76. The van der Waals surface area contributed by atoms with Gasteiger partial charge in [0.2, 0.25) is 0 Å². The molecule has 33 heavy (non-hydrogen) atoms. The smallest absolute Gasteiger partial charge is 0.174 e. The Morgan fingerprint density at radius 1 is 1.18 bits per heavy atom. The third-order valence-corrected chi connectivity index (χ3v) is 10.8. The molecule has 5 heteroatoms. The fourth-order valence-corrected chi connectivity index (χ4v) is 8.70. The van der Waals surface area contributed by atoms with Gasteiger partial charge in [-0.2, -0.15) is 0 Å². The van der Waals surface area contributed by atoms with Crippen LogP contribution in [0.2, 0.25) is 0 Å². The summed E-state index contributed by atoms with van der Waals surface area (Å²) in [6.45, 7) is 14.9. The van der Waals surface area contributed by atoms with Crippen LogP contribution in [0.25, 0.3) is 0 Å². The van der Waals surface area contributed by atoms with Crippen molar-refractivity contribution in [3.05, 3.63) is 24.3 Å². The zero-order chi connectivity index (χ0) is 24.5. The number of carbonyl (C=O) groups excluding carboxylic acids is 1. The van der Waals surface area contributed by atoms with E-state index in [9.17, 15) is 25.2 Å². The van der Waals surface area contributed by atoms with Gasteiger partial charge in [0, 0.05) is 5.92 Å². The molecular formula is C28H44O5. The van der Waals surface area contributed by atoms with Crippen molar-refractivity contribution in [1.82, 2.24) is 0 Å². The molecule has 0 amide bonds. The molecule has 4 N–H and O–H groups in total. The number of hydrogen-bond acceptors (Lipinski definition) is 5. The van der Waals surface area contributed by atoms with Crippen molar-refractivity contribution in [1.29, 1.82) is 0 Å². The summed E-state index contributed by atoms with van der Waals surface area (Å²) in [6.07, 6.45) is 4.67. The third kappa shape index (κ3) is 3.44. The molecule has 0 aromatic heterocycles. The van der Waals surface area contributed by atoms with Crippen molar-refractivity contribution in [3.63, 3.8) is 0 Å². The Morgan fingerprint density at radius 3 is 2.48 bits per heavy atom. The molecule has 0 aromatic rings. The topological polar surface area (TPSA) is 98.0 Å². The molecule has 11 atom stereocenters. The molecule has 186 valence electrons. The molecule has 0 saturated heterocycles. The second-order valence-electron chi connectivity index (χ2n) is 12.5. The zero-order valence-electron chi connectivity index (χ0n) is 21.0. The predicted octanol–water partition coefficient (Wildman–Crippen LogP) is 3.65. The van der Waals surface area contributed by atoms with E-state index in [0.29, 0.717) is 30.6 Å². The highest BCUT2D eigenvalue weighted by Crippen LogP contribution is 2.68. The molecule has 5 nitrogen and oxygen atoms in total. The Hall–Kier alpha value is -1.01. The molecule has 3 unspecified atom stereocenters. The van der Waals surface area contributed by atoms with Crippen molar-refractivity contribution in [2.45, 2.75) is 97.1 Å². The van der Waals surface area contributed by atoms with Crippen molar-refractivity contribution in [2.75, 3.05) is 0 Å². The van der Waals surface area contributed by atoms with E-state index in [-0.39, 0.29) is 17.3 Å². The molecule has 3 fully saturated rings. The van der Waals surface area contributed by atoms with E-state index in [1.165, 1.54) is 17.7 Å². The van der Waals surface area contributed by atoms with E-state index < -0.39 is 41.0 Å². The third-order valence-electron chi connectivity index (χ3n) is 10.8. The molecule has 0 bridgehead atoms. The van der Waals surface area contributed by atoms with Crippen LogP contribution in [0.15, 0.2) is 24.3 Å². The van der Waals surface area contributed by atoms with Gasteiger partial charge in [0.25, 0.3) is 0 Å². The summed E-state index contributed by atoms with van der Waals surface area (Å²) in [5, 5.41) is 44.5. The van der Waals surface area contributed by atoms with Crippen LogP contribution in [0.1, 0.15) is 73.1 Å². The molecule has 0 aliphatic heterocycles. The molecular weight excluding hydrogens is 416 g/mol. The Balaban J connectivity index is 1.64. The monoisotopic (exact) mass is 460 g/mol. The molecule has 4 aliphatic carbocycles. The molecule has 0 spiro atoms. The number of hydrogen-bond donors (Lipinski definition) is 4. The largest absolute Gasteiger partial charge is 0.393 e. The summed E-state index contributed by atoms with van der Waals surface area (Å²) in [5.41, 5.74) is -1.96. The molecule has 0 heterocycles. The van der Waals surface area contributed by atoms with Gasteiger partial charge >= 0.3 is 0 Å². The average Bonchev–Trinajstić information content (AvgIpc) is 3.08. The number of rotatable bonds is 5. The van der Waals surface area contributed by atoms with Gasteiger partial charge in [0.05, 0.1) is 17.6 Å². The van der Waals surface area contributed by atoms with E-state index in [1.54, 1.807) is 6.92 Å². The van der Waals surface area contributed by atoms with Crippen LogP contribution in [0.5, 0.6) is 0 Å². The number of aliphatic hydroxyl groups is 4. The first kappa shape index (κ1) is 25.1. The number of fused-ring (bicyclic) bond motifs is 5. The number of aliphatic hydroxyl groups excluding tert-OH is 3. The van der Waals surface area contributed by atoms with Gasteiger partial charge < -0.3 is 20.4 Å². The lowest BCUT2D eigenvalue weighted by Gasteiger charge is -2.64. The summed E-state index contributed by atoms with van der Waals surface area (Å²) in [6, 6.07) is 0. The second-order valence-corrected chi connectivity index (χ2v) is 12.5. The van der Waals surface area contributed by atoms with Crippen LogP contribution < -0.4 is 0 Å². The first-order valence-corrected chi connectivity index (χ1v) is 13.0. The lowest BCUT2D eigenvalue weighted by molar-refractivity contribution is -0.241. The SMILES string of the molecule is C=C(CC[C@@H](C)[C@H]1CCC2C3C[C@@H](O)[C@@]4(O)C=C[C@@H](O)C(=O)[C@]4(C)C3[C@H](O)C[C@@]21C)C(C)C. The maximum atomic E-state index is 13.3. The average molecular weight is 461 g/mol. The summed E-state index contributed by atoms with van der Waals surface area (Å²) >= 11 is 0. The second kappa shape index (κ2) is 8.29. The van der Waals surface area contributed by atoms with E-state index in [0.717, 1.165) is 25.7 Å². The minimum absolute atomic E-state index is 0.0653. The van der Waals surface area contributed by atoms with Gasteiger partial charge in [0.1, 0.15) is 11.7 Å². The number of allylic oxidation sites excluding steroid dienone is 1. The summed E-state index contributed by atoms with van der Waals surface area (Å²) in [4.78, 5) is 13.3. The van der Waals surface area contributed by atoms with Crippen LogP contribution in [0.4, 0.5) is 0 Å². The maximum Gasteiger partial charge on any atom is 0.174 e. The van der Waals surface area contributed by atoms with Crippen LogP contribution in [-0.2, 0) is 4.79 Å². The van der Waals surface area contributed by atoms with Crippen molar-refractivity contribution in [3.8, 4) is 0 Å². The molecule has 4 aliphatic rings. The fraction of sp³-hybridized carbons (Fsp3) is 0.821. The highest BCUT2D eigenvalue weighted by atomic mass is 16.3. The van der Waals surface area contributed by atoms with Gasteiger partial charge in [-0.05, 0) is 86.5 Å². The number of carbonyl (C=O) groups is 1. The quantitative estimate of drug-likeness (QED) is 0.470. The summed E-state index contributed by atoms with van der Waals surface area (Å²) in [7, 11) is 0. The van der Waals surface area contributed by atoms with E-state index in [1.807, 2.05) is 0 Å². The Morgan fingerprint density at radius 2 is 1.85 bits per heavy atom. The lowest BCUT2D eigenvalue weighted by atomic mass is 9.42. The van der Waals surface area contributed by atoms with Crippen LogP contribution >= 0.6 is 0 Å². The summed E-state index contributed by atoms with van der Waals surface area (Å²) in [5.74, 6) is 0.702. The fourth-order valence-electron chi connectivity index (χ4n) is 8.70. The van der Waals surface area contributed by atoms with Crippen molar-refractivity contribution in [2.24, 2.45) is 46.3 Å². The van der Waals surface area contributed by atoms with Gasteiger partial charge in [-0.15, -0.1) is 0 Å². The minimum Gasteiger partial charge on any atom is -0.393 e. The summed E-state index contributed by atoms with van der Waals surface area (Å²) < 4.78 is 0. The Bertz CT molecular complexity index is 834. The lowest BCUT2D eigenvalue weighted by Crippen LogP contribution is -2.73. The zero-order valence-corrected chi connectivity index (χ0v) is 21.0. The predicted molar refractivity (Wildman–Crippen MR) is 128 cm³/mol. The molecule has 4 rings (SSSR count). The van der Waals surface area contributed by atoms with Crippen LogP contribution in [0.3, 0.4) is 0 Å². The van der Waals surface area contributed by atoms with Gasteiger partial charge in [0.15, 0.2) is 5.78 Å². The number of ketones is 1. The van der Waals surface area contributed by atoms with Gasteiger partial charge in [-0.25, -0.2) is 0 Å². The molecule has 0 aromatic carbocycles. The Kier molecular flexibility index (Phi) is 6.30. The first-order valence-electron chi connectivity index (χ1n) is 13.0. The highest BCUT2D eigenvalue weighted by molar-refractivity contribution is 5.93. The van der Waals surface area contributed by atoms with Gasteiger partial charge in [-0.3, -0.25) is 4.79 Å². The first-order chi connectivity index (χ1) is 15.3. The molecule has 0 radical (unpaired) electrons. The Labute approximate surface area is 199 Å². The van der Waals surface area contributed by atoms with E-state index in [2.05, 4.69) is 34.3 Å². The molecule has 3 saturated carbocycles. The highest BCUT2D eigenvalue weighted by Gasteiger charge is 2.71. The number of Topliss-reactive ketones (excluding diaryl/α,β-unsaturated/α-hetero) is 1. The van der Waals surface area contributed by atoms with Crippen molar-refractivity contribution >= 4 is 5.78 Å². The standard InChI is InChI=1S/C28H44O5/c1-15(2)16(3)7-8-17(4)19-9-10-20-18-13-23(31)28(33)12-11-21(29)25(32)27(28,6)24(18)22(30)14-26(19,20)5/h11-12,15,17-24,29-31,33H,3,7-10,13-14H2,1-2,4-6H3/t17-,18?,19-,20?,21-,22-,23-,24?,26-,27+,28+/m1/s1. The van der Waals surface area contributed by atoms with Crippen LogP contribution in [0, 0.1) is 46.3 Å². The van der Waals surface area contributed by atoms with Crippen molar-refractivity contribution < 1.29 is 25.2 Å². The van der Waals surface area contributed by atoms with Gasteiger partial charge in [-0.1, -0.05) is 45.9 Å².